The van der Waals surface area contributed by atoms with Gasteiger partial charge >= 0.3 is 0 Å². The number of methoxy groups -OCH3 is 1. The predicted octanol–water partition coefficient (Wildman–Crippen LogP) is -0.299. The molecule has 0 fully saturated rings. The summed E-state index contributed by atoms with van der Waals surface area (Å²) in [4.78, 5) is 14.8. The van der Waals surface area contributed by atoms with E-state index < -0.39 is 0 Å². The second-order valence-corrected chi connectivity index (χ2v) is 5.35. The number of rotatable bonds is 7. The van der Waals surface area contributed by atoms with Gasteiger partial charge in [-0.05, 0) is 12.1 Å². The Balaban J connectivity index is 2.73. The summed E-state index contributed by atoms with van der Waals surface area (Å²) >= 11 is 0. The molecule has 0 aliphatic heterocycles. The largest absolute Gasteiger partial charge is 0.378 e. The van der Waals surface area contributed by atoms with Crippen LogP contribution in [0.25, 0.3) is 0 Å². The molecule has 0 saturated carbocycles. The van der Waals surface area contributed by atoms with Crippen LogP contribution in [0.1, 0.15) is 11.6 Å². The molecule has 5 nitrogen and oxygen atoms in total. The van der Waals surface area contributed by atoms with Gasteiger partial charge in [-0.15, -0.1) is 0 Å². The van der Waals surface area contributed by atoms with Crippen molar-refractivity contribution in [3.63, 3.8) is 0 Å². The van der Waals surface area contributed by atoms with Crippen LogP contribution in [0.3, 0.4) is 0 Å². The minimum atomic E-state index is -0.0799. The van der Waals surface area contributed by atoms with E-state index >= 15 is 0 Å². The molecular formula is C15H26N3O2+. The lowest BCUT2D eigenvalue weighted by atomic mass is 10.1. The molecule has 0 bridgehead atoms. The van der Waals surface area contributed by atoms with Crippen molar-refractivity contribution in [3.05, 3.63) is 29.8 Å². The van der Waals surface area contributed by atoms with Gasteiger partial charge in [0.15, 0.2) is 0 Å². The molecule has 1 aromatic carbocycles. The number of quaternary nitrogens is 1. The van der Waals surface area contributed by atoms with Crippen LogP contribution in [0.2, 0.25) is 0 Å². The zero-order chi connectivity index (χ0) is 15.1. The average molecular weight is 280 g/mol. The van der Waals surface area contributed by atoms with Crippen LogP contribution in [0.15, 0.2) is 24.3 Å². The van der Waals surface area contributed by atoms with Crippen LogP contribution in [0.5, 0.6) is 0 Å². The van der Waals surface area contributed by atoms with E-state index in [-0.39, 0.29) is 18.6 Å². The standard InChI is InChI=1S/C15H25N3O2/c1-17(2)13-8-6-12(7-9-13)14(18(3)4)10-16-15(19)11-20-5/h6-9,14H,10-11H2,1-5H3,(H,16,19)/p+1/t14-/m1/s1. The highest BCUT2D eigenvalue weighted by molar-refractivity contribution is 5.77. The summed E-state index contributed by atoms with van der Waals surface area (Å²) in [5.41, 5.74) is 2.39. The van der Waals surface area contributed by atoms with Crippen LogP contribution in [0, 0.1) is 0 Å². The molecular weight excluding hydrogens is 254 g/mol. The zero-order valence-electron chi connectivity index (χ0n) is 13.1. The Kier molecular flexibility index (Phi) is 6.48. The molecule has 112 valence electrons. The first-order valence-electron chi connectivity index (χ1n) is 6.78. The van der Waals surface area contributed by atoms with Crippen molar-refractivity contribution in [1.82, 2.24) is 5.32 Å². The lowest BCUT2D eigenvalue weighted by Gasteiger charge is -2.23. The number of nitrogens with zero attached hydrogens (tertiary/aromatic N) is 1. The predicted molar refractivity (Wildman–Crippen MR) is 81.2 cm³/mol. The Hall–Kier alpha value is -1.59. The maximum absolute atomic E-state index is 11.5. The van der Waals surface area contributed by atoms with E-state index in [4.69, 9.17) is 4.74 Å². The van der Waals surface area contributed by atoms with Gasteiger partial charge in [-0.3, -0.25) is 4.79 Å². The molecule has 5 heteroatoms. The molecule has 1 rings (SSSR count). The van der Waals surface area contributed by atoms with Crippen LogP contribution in [0.4, 0.5) is 5.69 Å². The van der Waals surface area contributed by atoms with Crippen molar-refractivity contribution >= 4 is 11.6 Å². The van der Waals surface area contributed by atoms with Crippen molar-refractivity contribution < 1.29 is 14.4 Å². The normalized spacial score (nSPS) is 12.3. The summed E-state index contributed by atoms with van der Waals surface area (Å²) in [5, 5.41) is 2.91. The first-order valence-corrected chi connectivity index (χ1v) is 6.78. The highest BCUT2D eigenvalue weighted by Gasteiger charge is 2.18. The summed E-state index contributed by atoms with van der Waals surface area (Å²) in [6, 6.07) is 8.67. The second-order valence-electron chi connectivity index (χ2n) is 5.35. The summed E-state index contributed by atoms with van der Waals surface area (Å²) in [6.07, 6.45) is 0. The molecule has 0 heterocycles. The Labute approximate surface area is 121 Å². The first-order chi connectivity index (χ1) is 9.45. The van der Waals surface area contributed by atoms with Crippen molar-refractivity contribution in [3.8, 4) is 0 Å². The fourth-order valence-electron chi connectivity index (χ4n) is 2.06. The number of ether oxygens (including phenoxy) is 1. The Morgan fingerprint density at radius 1 is 1.30 bits per heavy atom. The first kappa shape index (κ1) is 16.5. The minimum Gasteiger partial charge on any atom is -0.378 e. The van der Waals surface area contributed by atoms with Gasteiger partial charge in [-0.1, -0.05) is 12.1 Å². The van der Waals surface area contributed by atoms with E-state index in [2.05, 4.69) is 48.6 Å². The van der Waals surface area contributed by atoms with Gasteiger partial charge in [-0.25, -0.2) is 0 Å². The quantitative estimate of drug-likeness (QED) is 0.721. The fourth-order valence-corrected chi connectivity index (χ4v) is 2.06. The highest BCUT2D eigenvalue weighted by atomic mass is 16.5. The smallest absolute Gasteiger partial charge is 0.246 e. The SMILES string of the molecule is COCC(=O)NC[C@H](c1ccc(N(C)C)cc1)[NH+](C)C. The molecule has 0 radical (unpaired) electrons. The Morgan fingerprint density at radius 3 is 2.35 bits per heavy atom. The summed E-state index contributed by atoms with van der Waals surface area (Å²) < 4.78 is 4.82. The number of benzene rings is 1. The number of nitrogens with one attached hydrogen (secondary N) is 2. The van der Waals surface area contributed by atoms with E-state index in [1.165, 1.54) is 23.3 Å². The van der Waals surface area contributed by atoms with Crippen LogP contribution in [-0.4, -0.2) is 54.4 Å². The average Bonchev–Trinajstić information content (AvgIpc) is 2.39. The Morgan fingerprint density at radius 2 is 1.90 bits per heavy atom. The summed E-state index contributed by atoms with van der Waals surface area (Å²) in [5.74, 6) is -0.0799. The van der Waals surface area contributed by atoms with Crippen molar-refractivity contribution in [2.24, 2.45) is 0 Å². The fraction of sp³-hybridized carbons (Fsp3) is 0.533. The third kappa shape index (κ3) is 4.83. The summed E-state index contributed by atoms with van der Waals surface area (Å²) in [7, 11) is 9.75. The molecule has 1 amide bonds. The number of anilines is 1. The van der Waals surface area contributed by atoms with E-state index in [1.54, 1.807) is 0 Å². The van der Waals surface area contributed by atoms with Gasteiger partial charge in [-0.2, -0.15) is 0 Å². The molecule has 20 heavy (non-hydrogen) atoms. The van der Waals surface area contributed by atoms with Gasteiger partial charge in [0.2, 0.25) is 5.91 Å². The zero-order valence-corrected chi connectivity index (χ0v) is 13.1. The monoisotopic (exact) mass is 280 g/mol. The van der Waals surface area contributed by atoms with Gasteiger partial charge in [0.1, 0.15) is 12.6 Å². The third-order valence-electron chi connectivity index (χ3n) is 3.29. The van der Waals surface area contributed by atoms with Crippen molar-refractivity contribution in [2.75, 3.05) is 53.4 Å². The minimum absolute atomic E-state index is 0.0799. The van der Waals surface area contributed by atoms with Gasteiger partial charge in [0.25, 0.3) is 0 Å². The molecule has 0 saturated heterocycles. The van der Waals surface area contributed by atoms with Crippen molar-refractivity contribution in [1.29, 1.82) is 0 Å². The topological polar surface area (TPSA) is 46.0 Å². The van der Waals surface area contributed by atoms with Crippen LogP contribution in [-0.2, 0) is 9.53 Å². The van der Waals surface area contributed by atoms with Crippen LogP contribution >= 0.6 is 0 Å². The highest BCUT2D eigenvalue weighted by Crippen LogP contribution is 2.15. The lowest BCUT2D eigenvalue weighted by molar-refractivity contribution is -0.890. The number of likely N-dealkylation sites (N-methyl/N-ethyl adjacent to an activating group) is 1. The maximum Gasteiger partial charge on any atom is 0.246 e. The molecule has 0 aliphatic rings. The second kappa shape index (κ2) is 7.87. The molecule has 0 unspecified atom stereocenters. The number of carbonyl (C=O) groups is 1. The van der Waals surface area contributed by atoms with Gasteiger partial charge in [0, 0.05) is 32.5 Å². The van der Waals surface area contributed by atoms with Gasteiger partial charge < -0.3 is 19.9 Å². The van der Waals surface area contributed by atoms with Crippen molar-refractivity contribution in [2.45, 2.75) is 6.04 Å². The Bertz CT molecular complexity index is 416. The molecule has 0 aromatic heterocycles. The number of carbonyl (C=O) groups excluding carboxylic acids is 1. The lowest BCUT2D eigenvalue weighted by Crippen LogP contribution is -3.07. The molecule has 2 N–H and O–H groups in total. The third-order valence-corrected chi connectivity index (χ3v) is 3.29. The maximum atomic E-state index is 11.5. The van der Waals surface area contributed by atoms with E-state index in [1.807, 2.05) is 14.1 Å². The van der Waals surface area contributed by atoms with E-state index in [0.717, 1.165) is 0 Å². The molecule has 1 atom stereocenters. The van der Waals surface area contributed by atoms with Crippen LogP contribution < -0.4 is 15.1 Å². The summed E-state index contributed by atoms with van der Waals surface area (Å²) in [6.45, 7) is 0.709. The van der Waals surface area contributed by atoms with E-state index in [0.29, 0.717) is 6.54 Å². The number of hydrogen-bond donors (Lipinski definition) is 2. The van der Waals surface area contributed by atoms with E-state index in [9.17, 15) is 4.79 Å². The number of amides is 1. The van der Waals surface area contributed by atoms with Gasteiger partial charge in [0.05, 0.1) is 20.6 Å². The molecule has 0 spiro atoms. The molecule has 0 aliphatic carbocycles. The molecule has 1 aromatic rings. The number of hydrogen-bond acceptors (Lipinski definition) is 3.